The van der Waals surface area contributed by atoms with Crippen LogP contribution < -0.4 is 0 Å². The molecule has 29 heavy (non-hydrogen) atoms. The SMILES string of the molecule is CCCCC(CC)CP(=O)(CC(C)CC(C)(C)C)C(=O)c1c(C)cc(C)cc1C. The summed E-state index contributed by atoms with van der Waals surface area (Å²) in [5, 5.41) is 0. The highest BCUT2D eigenvalue weighted by molar-refractivity contribution is 7.81. The maximum Gasteiger partial charge on any atom is 0.221 e. The quantitative estimate of drug-likeness (QED) is 0.337. The number of carbonyl (C=O) groups is 1. The van der Waals surface area contributed by atoms with Crippen LogP contribution in [-0.2, 0) is 4.57 Å². The highest BCUT2D eigenvalue weighted by Crippen LogP contribution is 2.54. The number of rotatable bonds is 11. The van der Waals surface area contributed by atoms with Gasteiger partial charge in [-0.3, -0.25) is 4.79 Å². The lowest BCUT2D eigenvalue weighted by Crippen LogP contribution is -2.21. The third-order valence-electron chi connectivity index (χ3n) is 5.92. The molecule has 166 valence electrons. The average Bonchev–Trinajstić information content (AvgIpc) is 2.55. The van der Waals surface area contributed by atoms with Gasteiger partial charge in [0.1, 0.15) is 0 Å². The molecule has 1 aromatic rings. The van der Waals surface area contributed by atoms with E-state index in [1.165, 1.54) is 0 Å². The molecule has 0 saturated heterocycles. The molecule has 2 nitrogen and oxygen atoms in total. The molecule has 0 aliphatic carbocycles. The summed E-state index contributed by atoms with van der Waals surface area (Å²) >= 11 is 0. The molecule has 0 aliphatic rings. The van der Waals surface area contributed by atoms with Gasteiger partial charge in [0, 0.05) is 17.9 Å². The lowest BCUT2D eigenvalue weighted by molar-refractivity contribution is 0.107. The van der Waals surface area contributed by atoms with Crippen molar-refractivity contribution < 1.29 is 9.36 Å². The molecule has 0 bridgehead atoms. The molecule has 0 heterocycles. The van der Waals surface area contributed by atoms with Crippen molar-refractivity contribution in [3.05, 3.63) is 34.4 Å². The zero-order valence-electron chi connectivity index (χ0n) is 20.5. The Morgan fingerprint density at radius 3 is 2.03 bits per heavy atom. The van der Waals surface area contributed by atoms with Crippen molar-refractivity contribution in [1.29, 1.82) is 0 Å². The smallest absolute Gasteiger partial charge is 0.221 e. The van der Waals surface area contributed by atoms with Gasteiger partial charge in [-0.2, -0.15) is 0 Å². The van der Waals surface area contributed by atoms with Gasteiger partial charge in [0.05, 0.1) is 0 Å². The van der Waals surface area contributed by atoms with E-state index in [0.29, 0.717) is 23.8 Å². The number of unbranched alkanes of at least 4 members (excludes halogenated alkanes) is 1. The van der Waals surface area contributed by atoms with Crippen LogP contribution in [0.2, 0.25) is 0 Å². The Balaban J connectivity index is 3.31. The van der Waals surface area contributed by atoms with Crippen LogP contribution in [0, 0.1) is 38.0 Å². The zero-order valence-corrected chi connectivity index (χ0v) is 21.4. The lowest BCUT2D eigenvalue weighted by atomic mass is 9.86. The minimum absolute atomic E-state index is 0.0665. The first-order chi connectivity index (χ1) is 13.3. The minimum atomic E-state index is -3.00. The van der Waals surface area contributed by atoms with Crippen molar-refractivity contribution in [2.75, 3.05) is 12.3 Å². The highest BCUT2D eigenvalue weighted by Gasteiger charge is 2.38. The Labute approximate surface area is 180 Å². The highest BCUT2D eigenvalue weighted by atomic mass is 31.2. The number of carbonyl (C=O) groups excluding carboxylic acids is 1. The molecule has 0 amide bonds. The van der Waals surface area contributed by atoms with Crippen molar-refractivity contribution in [1.82, 2.24) is 0 Å². The topological polar surface area (TPSA) is 34.1 Å². The average molecular weight is 421 g/mol. The number of hydrogen-bond acceptors (Lipinski definition) is 2. The van der Waals surface area contributed by atoms with Crippen LogP contribution in [0.25, 0.3) is 0 Å². The summed E-state index contributed by atoms with van der Waals surface area (Å²) in [6.07, 6.45) is 6.46. The van der Waals surface area contributed by atoms with Gasteiger partial charge >= 0.3 is 0 Å². The van der Waals surface area contributed by atoms with Crippen LogP contribution in [-0.4, -0.2) is 17.8 Å². The van der Waals surface area contributed by atoms with Gasteiger partial charge in [-0.05, 0) is 55.6 Å². The molecule has 3 unspecified atom stereocenters. The summed E-state index contributed by atoms with van der Waals surface area (Å²) in [6, 6.07) is 4.11. The maximum atomic E-state index is 14.4. The van der Waals surface area contributed by atoms with Gasteiger partial charge in [0.25, 0.3) is 0 Å². The van der Waals surface area contributed by atoms with Gasteiger partial charge in [-0.1, -0.05) is 84.9 Å². The molecule has 0 fully saturated rings. The Bertz CT molecular complexity index is 704. The number of benzene rings is 1. The molecular weight excluding hydrogens is 375 g/mol. The van der Waals surface area contributed by atoms with Gasteiger partial charge in [-0.15, -0.1) is 0 Å². The van der Waals surface area contributed by atoms with Crippen molar-refractivity contribution in [2.45, 2.75) is 94.4 Å². The second-order valence-corrected chi connectivity index (χ2v) is 13.5. The van der Waals surface area contributed by atoms with E-state index in [-0.39, 0.29) is 16.9 Å². The summed E-state index contributed by atoms with van der Waals surface area (Å²) in [7, 11) is -3.00. The Morgan fingerprint density at radius 1 is 1.03 bits per heavy atom. The van der Waals surface area contributed by atoms with Crippen LogP contribution >= 0.6 is 7.14 Å². The fourth-order valence-electron chi connectivity index (χ4n) is 4.91. The Kier molecular flexibility index (Phi) is 9.87. The summed E-state index contributed by atoms with van der Waals surface area (Å²) in [4.78, 5) is 13.8. The molecule has 1 aromatic carbocycles. The zero-order chi connectivity index (χ0) is 22.4. The van der Waals surface area contributed by atoms with Gasteiger partial charge in [0.2, 0.25) is 5.52 Å². The molecule has 0 spiro atoms. The molecule has 1 rings (SSSR count). The van der Waals surface area contributed by atoms with Crippen molar-refractivity contribution in [3.8, 4) is 0 Å². The molecule has 0 aliphatic heterocycles. The molecule has 0 saturated carbocycles. The van der Waals surface area contributed by atoms with Crippen LogP contribution in [0.4, 0.5) is 0 Å². The summed E-state index contributed by atoms with van der Waals surface area (Å²) in [6.45, 7) is 19.2. The minimum Gasteiger partial charge on any atom is -0.315 e. The predicted molar refractivity (Wildman–Crippen MR) is 129 cm³/mol. The Hall–Kier alpha value is -0.880. The van der Waals surface area contributed by atoms with Crippen molar-refractivity contribution >= 4 is 12.7 Å². The van der Waals surface area contributed by atoms with E-state index in [2.05, 4.69) is 60.6 Å². The van der Waals surface area contributed by atoms with Crippen molar-refractivity contribution in [2.24, 2.45) is 17.3 Å². The Morgan fingerprint density at radius 2 is 1.59 bits per heavy atom. The summed E-state index contributed by atoms with van der Waals surface area (Å²) in [5.74, 6) is 0.650. The van der Waals surface area contributed by atoms with E-state index in [1.54, 1.807) is 0 Å². The largest absolute Gasteiger partial charge is 0.315 e. The number of hydrogen-bond donors (Lipinski definition) is 0. The van der Waals surface area contributed by atoms with Crippen molar-refractivity contribution in [3.63, 3.8) is 0 Å². The summed E-state index contributed by atoms with van der Waals surface area (Å²) < 4.78 is 14.4. The molecule has 0 N–H and O–H groups in total. The molecule has 0 radical (unpaired) electrons. The third-order valence-corrected chi connectivity index (χ3v) is 9.21. The van der Waals surface area contributed by atoms with E-state index < -0.39 is 7.14 Å². The second kappa shape index (κ2) is 10.9. The fourth-order valence-corrected chi connectivity index (χ4v) is 8.56. The standard InChI is InChI=1S/C26H45O2P/c1-10-12-13-23(11-2)18-29(28,17-20(4)16-26(7,8)9)25(27)24-21(5)14-19(3)15-22(24)6/h14-15,20,23H,10-13,16-18H2,1-9H3. The summed E-state index contributed by atoms with van der Waals surface area (Å²) in [5.41, 5.74) is 3.92. The lowest BCUT2D eigenvalue weighted by Gasteiger charge is -2.29. The normalized spacial score (nSPS) is 16.3. The van der Waals surface area contributed by atoms with Gasteiger partial charge in [0.15, 0.2) is 7.14 Å². The van der Waals surface area contributed by atoms with Crippen LogP contribution in [0.15, 0.2) is 12.1 Å². The van der Waals surface area contributed by atoms with Crippen LogP contribution in [0.3, 0.4) is 0 Å². The molecule has 3 heteroatoms. The molecule has 0 aromatic heterocycles. The number of aryl methyl sites for hydroxylation is 3. The van der Waals surface area contributed by atoms with E-state index in [4.69, 9.17) is 0 Å². The maximum absolute atomic E-state index is 14.4. The van der Waals surface area contributed by atoms with Crippen LogP contribution in [0.1, 0.15) is 101 Å². The second-order valence-electron chi connectivity index (χ2n) is 10.6. The fraction of sp³-hybridized carbons (Fsp3) is 0.731. The first-order valence-electron chi connectivity index (χ1n) is 11.5. The van der Waals surface area contributed by atoms with E-state index in [0.717, 1.165) is 48.8 Å². The molecular formula is C26H45O2P. The third kappa shape index (κ3) is 8.05. The first-order valence-corrected chi connectivity index (χ1v) is 13.6. The van der Waals surface area contributed by atoms with Gasteiger partial charge in [-0.25, -0.2) is 0 Å². The molecule has 3 atom stereocenters. The van der Waals surface area contributed by atoms with E-state index in [1.807, 2.05) is 13.8 Å². The predicted octanol–water partition coefficient (Wildman–Crippen LogP) is 8.40. The van der Waals surface area contributed by atoms with E-state index >= 15 is 0 Å². The first kappa shape index (κ1) is 26.2. The van der Waals surface area contributed by atoms with Gasteiger partial charge < -0.3 is 4.57 Å². The van der Waals surface area contributed by atoms with E-state index in [9.17, 15) is 9.36 Å². The van der Waals surface area contributed by atoms with Crippen LogP contribution in [0.5, 0.6) is 0 Å². The monoisotopic (exact) mass is 420 g/mol.